The number of para-hydroxylation sites is 1. The number of hydrogen-bond acceptors (Lipinski definition) is 2. The first-order valence-electron chi connectivity index (χ1n) is 6.30. The average molecular weight is 273 g/mol. The second kappa shape index (κ2) is 6.19. The Hall–Kier alpha value is -2.36. The van der Waals surface area contributed by atoms with Gasteiger partial charge in [0.05, 0.1) is 0 Å². The van der Waals surface area contributed by atoms with Gasteiger partial charge in [0.2, 0.25) is 0 Å². The van der Waals surface area contributed by atoms with Gasteiger partial charge in [-0.05, 0) is 43.2 Å². The van der Waals surface area contributed by atoms with Gasteiger partial charge in [0.1, 0.15) is 11.6 Å². The quantitative estimate of drug-likeness (QED) is 0.926. The maximum absolute atomic E-state index is 13.4. The highest BCUT2D eigenvalue weighted by Gasteiger charge is 2.06. The summed E-state index contributed by atoms with van der Waals surface area (Å²) < 4.78 is 18.8. The number of carbonyl (C=O) groups is 1. The normalized spacial score (nSPS) is 10.2. The molecular weight excluding hydrogens is 257 g/mol. The second-order valence-corrected chi connectivity index (χ2v) is 4.57. The lowest BCUT2D eigenvalue weighted by Crippen LogP contribution is -2.20. The Labute approximate surface area is 117 Å². The van der Waals surface area contributed by atoms with E-state index in [1.807, 2.05) is 25.1 Å². The van der Waals surface area contributed by atoms with Crippen molar-refractivity contribution in [2.24, 2.45) is 0 Å². The summed E-state index contributed by atoms with van der Waals surface area (Å²) in [4.78, 5) is 11.7. The van der Waals surface area contributed by atoms with Crippen molar-refractivity contribution in [3.8, 4) is 5.75 Å². The van der Waals surface area contributed by atoms with Crippen LogP contribution in [0.3, 0.4) is 0 Å². The number of benzene rings is 2. The summed E-state index contributed by atoms with van der Waals surface area (Å²) in [6.45, 7) is 3.46. The van der Waals surface area contributed by atoms with E-state index in [9.17, 15) is 9.18 Å². The monoisotopic (exact) mass is 273 g/mol. The fraction of sp³-hybridized carbons (Fsp3) is 0.188. The second-order valence-electron chi connectivity index (χ2n) is 4.57. The first-order valence-corrected chi connectivity index (χ1v) is 6.30. The Morgan fingerprint density at radius 3 is 2.60 bits per heavy atom. The van der Waals surface area contributed by atoms with Crippen molar-refractivity contribution in [1.82, 2.24) is 0 Å². The molecule has 20 heavy (non-hydrogen) atoms. The van der Waals surface area contributed by atoms with Gasteiger partial charge in [0.15, 0.2) is 6.61 Å². The molecule has 0 spiro atoms. The van der Waals surface area contributed by atoms with Crippen molar-refractivity contribution in [3.63, 3.8) is 0 Å². The Morgan fingerprint density at radius 1 is 1.15 bits per heavy atom. The van der Waals surface area contributed by atoms with E-state index in [2.05, 4.69) is 5.32 Å². The third kappa shape index (κ3) is 3.57. The fourth-order valence-electron chi connectivity index (χ4n) is 1.73. The van der Waals surface area contributed by atoms with E-state index in [4.69, 9.17) is 4.74 Å². The van der Waals surface area contributed by atoms with Crippen LogP contribution in [0.25, 0.3) is 0 Å². The molecule has 2 aromatic rings. The summed E-state index contributed by atoms with van der Waals surface area (Å²) in [6.07, 6.45) is 0. The topological polar surface area (TPSA) is 38.3 Å². The predicted octanol–water partition coefficient (Wildman–Crippen LogP) is 3.46. The van der Waals surface area contributed by atoms with Gasteiger partial charge in [-0.2, -0.15) is 0 Å². The number of halogens is 1. The molecule has 0 bridgehead atoms. The zero-order chi connectivity index (χ0) is 14.5. The minimum Gasteiger partial charge on any atom is -0.483 e. The number of aryl methyl sites for hydroxylation is 2. The van der Waals surface area contributed by atoms with E-state index in [1.165, 1.54) is 6.07 Å². The standard InChI is InChI=1S/C16H16FNO2/c1-11-7-8-13(9-14(11)17)18-16(19)10-20-15-6-4-3-5-12(15)2/h3-9H,10H2,1-2H3,(H,18,19). The first kappa shape index (κ1) is 14.1. The van der Waals surface area contributed by atoms with E-state index in [0.29, 0.717) is 17.0 Å². The van der Waals surface area contributed by atoms with Crippen LogP contribution in [-0.4, -0.2) is 12.5 Å². The highest BCUT2D eigenvalue weighted by Crippen LogP contribution is 2.16. The largest absolute Gasteiger partial charge is 0.483 e. The molecular formula is C16H16FNO2. The molecule has 0 saturated heterocycles. The maximum Gasteiger partial charge on any atom is 0.262 e. The third-order valence-electron chi connectivity index (χ3n) is 2.91. The van der Waals surface area contributed by atoms with Crippen molar-refractivity contribution in [2.45, 2.75) is 13.8 Å². The van der Waals surface area contributed by atoms with Crippen LogP contribution in [0.5, 0.6) is 5.75 Å². The SMILES string of the molecule is Cc1ccc(NC(=O)COc2ccccc2C)cc1F. The van der Waals surface area contributed by atoms with Gasteiger partial charge in [-0.1, -0.05) is 24.3 Å². The van der Waals surface area contributed by atoms with Gasteiger partial charge >= 0.3 is 0 Å². The molecule has 1 N–H and O–H groups in total. The summed E-state index contributed by atoms with van der Waals surface area (Å²) in [5.41, 5.74) is 1.92. The number of anilines is 1. The van der Waals surface area contributed by atoms with Gasteiger partial charge in [-0.3, -0.25) is 4.79 Å². The minimum atomic E-state index is -0.345. The summed E-state index contributed by atoms with van der Waals surface area (Å²) in [7, 11) is 0. The van der Waals surface area contributed by atoms with Crippen molar-refractivity contribution >= 4 is 11.6 Å². The number of hydrogen-bond donors (Lipinski definition) is 1. The lowest BCUT2D eigenvalue weighted by molar-refractivity contribution is -0.118. The molecule has 0 radical (unpaired) electrons. The minimum absolute atomic E-state index is 0.111. The molecule has 0 fully saturated rings. The van der Waals surface area contributed by atoms with Crippen molar-refractivity contribution in [2.75, 3.05) is 11.9 Å². The smallest absolute Gasteiger partial charge is 0.262 e. The van der Waals surface area contributed by atoms with Gasteiger partial charge in [-0.15, -0.1) is 0 Å². The summed E-state index contributed by atoms with van der Waals surface area (Å²) in [5.74, 6) is -0.00290. The molecule has 2 aromatic carbocycles. The molecule has 0 saturated carbocycles. The van der Waals surface area contributed by atoms with Crippen molar-refractivity contribution < 1.29 is 13.9 Å². The van der Waals surface area contributed by atoms with Crippen LogP contribution < -0.4 is 10.1 Å². The van der Waals surface area contributed by atoms with E-state index in [-0.39, 0.29) is 18.3 Å². The molecule has 0 aliphatic carbocycles. The summed E-state index contributed by atoms with van der Waals surface area (Å²) in [5, 5.41) is 2.60. The van der Waals surface area contributed by atoms with E-state index in [1.54, 1.807) is 25.1 Å². The van der Waals surface area contributed by atoms with Gasteiger partial charge in [0.25, 0.3) is 5.91 Å². The van der Waals surface area contributed by atoms with Crippen LogP contribution in [0.1, 0.15) is 11.1 Å². The molecule has 0 atom stereocenters. The Balaban J connectivity index is 1.93. The lowest BCUT2D eigenvalue weighted by atomic mass is 10.2. The third-order valence-corrected chi connectivity index (χ3v) is 2.91. The van der Waals surface area contributed by atoms with Crippen LogP contribution in [0.15, 0.2) is 42.5 Å². The van der Waals surface area contributed by atoms with E-state index >= 15 is 0 Å². The Morgan fingerprint density at radius 2 is 1.90 bits per heavy atom. The zero-order valence-electron chi connectivity index (χ0n) is 11.4. The zero-order valence-corrected chi connectivity index (χ0v) is 11.4. The summed E-state index contributed by atoms with van der Waals surface area (Å²) in [6, 6.07) is 12.0. The van der Waals surface area contributed by atoms with Gasteiger partial charge in [-0.25, -0.2) is 4.39 Å². The van der Waals surface area contributed by atoms with Crippen LogP contribution in [0.4, 0.5) is 10.1 Å². The molecule has 0 heterocycles. The van der Waals surface area contributed by atoms with E-state index in [0.717, 1.165) is 5.56 Å². The van der Waals surface area contributed by atoms with Gasteiger partial charge in [0, 0.05) is 5.69 Å². The number of rotatable bonds is 4. The van der Waals surface area contributed by atoms with Crippen LogP contribution >= 0.6 is 0 Å². The number of amides is 1. The van der Waals surface area contributed by atoms with Crippen LogP contribution in [0, 0.1) is 19.7 Å². The van der Waals surface area contributed by atoms with Crippen molar-refractivity contribution in [3.05, 3.63) is 59.4 Å². The number of nitrogens with one attached hydrogen (secondary N) is 1. The Bertz CT molecular complexity index is 626. The molecule has 0 aliphatic heterocycles. The van der Waals surface area contributed by atoms with Gasteiger partial charge < -0.3 is 10.1 Å². The molecule has 2 rings (SSSR count). The fourth-order valence-corrected chi connectivity index (χ4v) is 1.73. The Kier molecular flexibility index (Phi) is 4.35. The molecule has 4 heteroatoms. The molecule has 0 unspecified atom stereocenters. The molecule has 0 aromatic heterocycles. The predicted molar refractivity (Wildman–Crippen MR) is 76.4 cm³/mol. The lowest BCUT2D eigenvalue weighted by Gasteiger charge is -2.09. The number of ether oxygens (including phenoxy) is 1. The highest BCUT2D eigenvalue weighted by atomic mass is 19.1. The first-order chi connectivity index (χ1) is 9.56. The molecule has 3 nitrogen and oxygen atoms in total. The van der Waals surface area contributed by atoms with Crippen molar-refractivity contribution in [1.29, 1.82) is 0 Å². The molecule has 1 amide bonds. The van der Waals surface area contributed by atoms with E-state index < -0.39 is 0 Å². The molecule has 104 valence electrons. The van der Waals surface area contributed by atoms with Crippen LogP contribution in [0.2, 0.25) is 0 Å². The molecule has 0 aliphatic rings. The average Bonchev–Trinajstić information content (AvgIpc) is 2.42. The highest BCUT2D eigenvalue weighted by molar-refractivity contribution is 5.91. The van der Waals surface area contributed by atoms with Crippen LogP contribution in [-0.2, 0) is 4.79 Å². The summed E-state index contributed by atoms with van der Waals surface area (Å²) >= 11 is 0. The number of carbonyl (C=O) groups excluding carboxylic acids is 1. The maximum atomic E-state index is 13.4.